The highest BCUT2D eigenvalue weighted by molar-refractivity contribution is 6.30. The number of amides is 2. The number of urea groups is 1. The second-order valence-corrected chi connectivity index (χ2v) is 4.89. The van der Waals surface area contributed by atoms with Crippen molar-refractivity contribution in [1.29, 1.82) is 0 Å². The van der Waals surface area contributed by atoms with Crippen LogP contribution in [-0.2, 0) is 4.79 Å². The summed E-state index contributed by atoms with van der Waals surface area (Å²) in [6.45, 7) is -0.120. The summed E-state index contributed by atoms with van der Waals surface area (Å²) < 4.78 is 13.5. The molecule has 1 heterocycles. The molecule has 8 heteroatoms. The summed E-state index contributed by atoms with van der Waals surface area (Å²) in [6.07, 6.45) is -0.966. The third-order valence-corrected chi connectivity index (χ3v) is 3.23. The second kappa shape index (κ2) is 5.64. The lowest BCUT2D eigenvalue weighted by Crippen LogP contribution is -2.43. The van der Waals surface area contributed by atoms with Crippen molar-refractivity contribution in [3.05, 3.63) is 29.0 Å². The van der Waals surface area contributed by atoms with E-state index in [2.05, 4.69) is 5.32 Å². The number of carboxylic acid groups (broad SMARTS) is 1. The van der Waals surface area contributed by atoms with Crippen LogP contribution in [0.4, 0.5) is 14.9 Å². The van der Waals surface area contributed by atoms with Gasteiger partial charge in [0, 0.05) is 18.0 Å². The highest BCUT2D eigenvalue weighted by Crippen LogP contribution is 2.23. The maximum atomic E-state index is 13.5. The molecule has 6 nitrogen and oxygen atoms in total. The average molecular weight is 303 g/mol. The van der Waals surface area contributed by atoms with Gasteiger partial charge in [-0.3, -0.25) is 0 Å². The molecule has 1 aromatic rings. The Bertz CT molecular complexity index is 554. The van der Waals surface area contributed by atoms with E-state index in [4.69, 9.17) is 16.7 Å². The summed E-state index contributed by atoms with van der Waals surface area (Å²) in [4.78, 5) is 23.9. The molecule has 2 rings (SSSR count). The van der Waals surface area contributed by atoms with Crippen molar-refractivity contribution in [2.45, 2.75) is 18.6 Å². The number of anilines is 1. The van der Waals surface area contributed by atoms with Crippen molar-refractivity contribution >= 4 is 29.3 Å². The fourth-order valence-electron chi connectivity index (χ4n) is 2.05. The molecule has 1 saturated heterocycles. The maximum Gasteiger partial charge on any atom is 0.326 e. The first-order valence-electron chi connectivity index (χ1n) is 5.82. The van der Waals surface area contributed by atoms with Crippen molar-refractivity contribution in [3.63, 3.8) is 0 Å². The third-order valence-electron chi connectivity index (χ3n) is 2.99. The van der Waals surface area contributed by atoms with Crippen molar-refractivity contribution in [2.24, 2.45) is 0 Å². The minimum absolute atomic E-state index is 0.0548. The largest absolute Gasteiger partial charge is 0.480 e. The molecule has 3 N–H and O–H groups in total. The van der Waals surface area contributed by atoms with Gasteiger partial charge in [0.15, 0.2) is 0 Å². The number of carboxylic acids is 1. The van der Waals surface area contributed by atoms with Gasteiger partial charge in [0.2, 0.25) is 0 Å². The molecule has 1 aromatic carbocycles. The number of aliphatic carboxylic acids is 1. The van der Waals surface area contributed by atoms with Gasteiger partial charge in [-0.2, -0.15) is 0 Å². The number of halogens is 2. The van der Waals surface area contributed by atoms with Crippen molar-refractivity contribution in [3.8, 4) is 0 Å². The summed E-state index contributed by atoms with van der Waals surface area (Å²) in [5.74, 6) is -1.90. The molecule has 0 bridgehead atoms. The summed E-state index contributed by atoms with van der Waals surface area (Å²) in [5, 5.41) is 20.9. The normalized spacial score (nSPS) is 21.9. The van der Waals surface area contributed by atoms with Crippen LogP contribution in [0.1, 0.15) is 6.42 Å². The number of aliphatic hydroxyl groups is 1. The lowest BCUT2D eigenvalue weighted by Gasteiger charge is -2.21. The number of hydrogen-bond donors (Lipinski definition) is 3. The van der Waals surface area contributed by atoms with Gasteiger partial charge in [-0.05, 0) is 18.2 Å². The van der Waals surface area contributed by atoms with Crippen LogP contribution in [0.2, 0.25) is 5.02 Å². The van der Waals surface area contributed by atoms with Gasteiger partial charge in [-0.15, -0.1) is 0 Å². The van der Waals surface area contributed by atoms with Gasteiger partial charge in [-0.25, -0.2) is 14.0 Å². The molecule has 0 saturated carbocycles. The van der Waals surface area contributed by atoms with E-state index in [1.54, 1.807) is 0 Å². The molecular formula is C12H12ClFN2O4. The van der Waals surface area contributed by atoms with E-state index in [0.29, 0.717) is 0 Å². The Balaban J connectivity index is 2.15. The van der Waals surface area contributed by atoms with Crippen LogP contribution < -0.4 is 5.32 Å². The van der Waals surface area contributed by atoms with Crippen LogP contribution in [0.25, 0.3) is 0 Å². The first-order valence-corrected chi connectivity index (χ1v) is 6.20. The van der Waals surface area contributed by atoms with Crippen molar-refractivity contribution < 1.29 is 24.2 Å². The number of aliphatic hydroxyl groups excluding tert-OH is 1. The minimum Gasteiger partial charge on any atom is -0.480 e. The number of carbonyl (C=O) groups is 2. The molecule has 20 heavy (non-hydrogen) atoms. The Morgan fingerprint density at radius 2 is 2.15 bits per heavy atom. The molecule has 1 fully saturated rings. The van der Waals surface area contributed by atoms with Crippen LogP contribution in [0.3, 0.4) is 0 Å². The minimum atomic E-state index is -1.22. The van der Waals surface area contributed by atoms with Crippen LogP contribution in [-0.4, -0.2) is 45.8 Å². The standard InChI is InChI=1S/C12H12ClFN2O4/c13-6-1-2-8(14)9(3-6)15-12(20)16-5-7(17)4-10(16)11(18)19/h1-3,7,10,17H,4-5H2,(H,15,20)(H,18,19). The number of hydrogen-bond acceptors (Lipinski definition) is 3. The topological polar surface area (TPSA) is 89.9 Å². The second-order valence-electron chi connectivity index (χ2n) is 4.45. The number of nitrogens with one attached hydrogen (secondary N) is 1. The maximum absolute atomic E-state index is 13.5. The zero-order valence-electron chi connectivity index (χ0n) is 10.2. The van der Waals surface area contributed by atoms with Crippen LogP contribution in [0, 0.1) is 5.82 Å². The molecule has 0 aromatic heterocycles. The van der Waals surface area contributed by atoms with Gasteiger partial charge >= 0.3 is 12.0 Å². The number of benzene rings is 1. The van der Waals surface area contributed by atoms with Crippen molar-refractivity contribution in [1.82, 2.24) is 4.90 Å². The number of carbonyl (C=O) groups excluding carboxylic acids is 1. The molecular weight excluding hydrogens is 291 g/mol. The average Bonchev–Trinajstić information content (AvgIpc) is 2.76. The number of rotatable bonds is 2. The Morgan fingerprint density at radius 1 is 1.45 bits per heavy atom. The van der Waals surface area contributed by atoms with E-state index in [0.717, 1.165) is 11.0 Å². The zero-order valence-corrected chi connectivity index (χ0v) is 11.0. The number of β-amino-alcohol motifs (C(OH)–C–C–N with tert-alkyl or cyclic N) is 1. The Hall–Kier alpha value is -1.86. The van der Waals surface area contributed by atoms with Crippen molar-refractivity contribution in [2.75, 3.05) is 11.9 Å². The van der Waals surface area contributed by atoms with E-state index in [1.165, 1.54) is 12.1 Å². The number of nitrogens with zero attached hydrogens (tertiary/aromatic N) is 1. The van der Waals surface area contributed by atoms with Crippen LogP contribution in [0.15, 0.2) is 18.2 Å². The molecule has 2 unspecified atom stereocenters. The first kappa shape index (κ1) is 14.5. The highest BCUT2D eigenvalue weighted by Gasteiger charge is 2.39. The molecule has 2 atom stereocenters. The Labute approximate surface area is 118 Å². The summed E-state index contributed by atoms with van der Waals surface area (Å²) in [5.41, 5.74) is -0.145. The SMILES string of the molecule is O=C(O)C1CC(O)CN1C(=O)Nc1cc(Cl)ccc1F. The van der Waals surface area contributed by atoms with Crippen LogP contribution in [0.5, 0.6) is 0 Å². The quantitative estimate of drug-likeness (QED) is 0.773. The lowest BCUT2D eigenvalue weighted by atomic mass is 10.2. The van der Waals surface area contributed by atoms with Gasteiger partial charge < -0.3 is 20.4 Å². The fourth-order valence-corrected chi connectivity index (χ4v) is 2.22. The molecule has 108 valence electrons. The van der Waals surface area contributed by atoms with Gasteiger partial charge in [0.05, 0.1) is 11.8 Å². The smallest absolute Gasteiger partial charge is 0.326 e. The van der Waals surface area contributed by atoms with Gasteiger partial charge in [0.1, 0.15) is 11.9 Å². The molecule has 1 aliphatic heterocycles. The lowest BCUT2D eigenvalue weighted by molar-refractivity contribution is -0.141. The van der Waals surface area contributed by atoms with Crippen LogP contribution >= 0.6 is 11.6 Å². The van der Waals surface area contributed by atoms with E-state index < -0.39 is 30.0 Å². The molecule has 2 amide bonds. The van der Waals surface area contributed by atoms with E-state index >= 15 is 0 Å². The molecule has 1 aliphatic rings. The number of likely N-dealkylation sites (tertiary alicyclic amines) is 1. The van der Waals surface area contributed by atoms with Gasteiger partial charge in [-0.1, -0.05) is 11.6 Å². The summed E-state index contributed by atoms with van der Waals surface area (Å²) >= 11 is 5.70. The third kappa shape index (κ3) is 3.00. The first-order chi connectivity index (χ1) is 9.38. The fraction of sp³-hybridized carbons (Fsp3) is 0.333. The predicted molar refractivity (Wildman–Crippen MR) is 69.2 cm³/mol. The Morgan fingerprint density at radius 3 is 2.80 bits per heavy atom. The molecule has 0 radical (unpaired) electrons. The molecule has 0 aliphatic carbocycles. The van der Waals surface area contributed by atoms with E-state index in [1.807, 2.05) is 0 Å². The highest BCUT2D eigenvalue weighted by atomic mass is 35.5. The predicted octanol–water partition coefficient (Wildman–Crippen LogP) is 1.53. The summed E-state index contributed by atoms with van der Waals surface area (Å²) in [6, 6.07) is 1.71. The summed E-state index contributed by atoms with van der Waals surface area (Å²) in [7, 11) is 0. The van der Waals surface area contributed by atoms with E-state index in [9.17, 15) is 19.1 Å². The zero-order chi connectivity index (χ0) is 14.9. The monoisotopic (exact) mass is 302 g/mol. The van der Waals surface area contributed by atoms with Gasteiger partial charge in [0.25, 0.3) is 0 Å². The molecule has 0 spiro atoms. The van der Waals surface area contributed by atoms with E-state index in [-0.39, 0.29) is 23.7 Å². The Kier molecular flexibility index (Phi) is 4.10.